The van der Waals surface area contributed by atoms with Crippen molar-refractivity contribution in [3.63, 3.8) is 0 Å². The average Bonchev–Trinajstić information content (AvgIpc) is 3.26. The van der Waals surface area contributed by atoms with Crippen LogP contribution in [0.3, 0.4) is 0 Å². The van der Waals surface area contributed by atoms with Gasteiger partial charge in [0.25, 0.3) is 5.56 Å². The van der Waals surface area contributed by atoms with Gasteiger partial charge in [-0.15, -0.1) is 0 Å². The Morgan fingerprint density at radius 1 is 1.13 bits per heavy atom. The largest absolute Gasteiger partial charge is 0.343 e. The minimum absolute atomic E-state index is 0.101. The zero-order valence-corrected chi connectivity index (χ0v) is 12.8. The second-order valence-electron chi connectivity index (χ2n) is 5.90. The summed E-state index contributed by atoms with van der Waals surface area (Å²) in [7, 11) is 0. The van der Waals surface area contributed by atoms with Gasteiger partial charge in [0.2, 0.25) is 5.91 Å². The number of fused-ring (bicyclic) bond motifs is 3. The summed E-state index contributed by atoms with van der Waals surface area (Å²) in [5, 5.41) is 0. The van der Waals surface area contributed by atoms with Crippen molar-refractivity contribution in [3.05, 3.63) is 47.0 Å². The fraction of sp³-hybridized carbons (Fsp3) is 0.353. The van der Waals surface area contributed by atoms with Gasteiger partial charge >= 0.3 is 0 Å². The van der Waals surface area contributed by atoms with Crippen LogP contribution in [0.25, 0.3) is 16.7 Å². The highest BCUT2D eigenvalue weighted by atomic mass is 16.2. The Hall–Kier alpha value is -2.63. The van der Waals surface area contributed by atoms with Crippen molar-refractivity contribution in [3.8, 4) is 0 Å². The molecule has 0 saturated carbocycles. The maximum atomic E-state index is 12.7. The van der Waals surface area contributed by atoms with Crippen LogP contribution in [0.5, 0.6) is 0 Å². The normalized spacial score (nSPS) is 14.9. The first-order chi connectivity index (χ1) is 11.3. The van der Waals surface area contributed by atoms with Gasteiger partial charge in [-0.2, -0.15) is 0 Å². The molecule has 1 amide bonds. The molecule has 1 aliphatic rings. The van der Waals surface area contributed by atoms with E-state index in [1.807, 2.05) is 33.7 Å². The second kappa shape index (κ2) is 5.53. The van der Waals surface area contributed by atoms with Crippen molar-refractivity contribution >= 4 is 22.6 Å². The van der Waals surface area contributed by atoms with E-state index < -0.39 is 0 Å². The van der Waals surface area contributed by atoms with E-state index in [9.17, 15) is 9.59 Å². The molecule has 0 atom stereocenters. The molecule has 6 heteroatoms. The van der Waals surface area contributed by atoms with Crippen LogP contribution in [0.15, 0.2) is 41.5 Å². The van der Waals surface area contributed by atoms with E-state index in [1.54, 1.807) is 16.8 Å². The van der Waals surface area contributed by atoms with Crippen molar-refractivity contribution in [2.75, 3.05) is 13.1 Å². The summed E-state index contributed by atoms with van der Waals surface area (Å²) in [6.45, 7) is 2.04. The molecule has 4 rings (SSSR count). The Morgan fingerprint density at radius 3 is 2.74 bits per heavy atom. The Balaban J connectivity index is 1.74. The van der Waals surface area contributed by atoms with E-state index in [1.165, 1.54) is 0 Å². The molecule has 23 heavy (non-hydrogen) atoms. The third-order valence-corrected chi connectivity index (χ3v) is 4.50. The summed E-state index contributed by atoms with van der Waals surface area (Å²) < 4.78 is 3.47. The molecule has 1 saturated heterocycles. The lowest BCUT2D eigenvalue weighted by molar-refractivity contribution is -0.130. The molecule has 118 valence electrons. The van der Waals surface area contributed by atoms with Crippen LogP contribution in [0.4, 0.5) is 0 Å². The van der Waals surface area contributed by atoms with Gasteiger partial charge in [-0.1, -0.05) is 0 Å². The number of aryl methyl sites for hydroxylation is 1. The van der Waals surface area contributed by atoms with Crippen molar-refractivity contribution in [1.82, 2.24) is 18.9 Å². The smallest absolute Gasteiger partial charge is 0.276 e. The molecule has 1 fully saturated rings. The van der Waals surface area contributed by atoms with Crippen LogP contribution in [0.1, 0.15) is 19.3 Å². The third-order valence-electron chi connectivity index (χ3n) is 4.50. The molecule has 0 unspecified atom stereocenters. The number of carbonyl (C=O) groups is 1. The first-order valence-electron chi connectivity index (χ1n) is 7.98. The third kappa shape index (κ3) is 2.30. The lowest BCUT2D eigenvalue weighted by atomic mass is 10.3. The van der Waals surface area contributed by atoms with Gasteiger partial charge in [-0.3, -0.25) is 14.2 Å². The Kier molecular flexibility index (Phi) is 3.37. The number of nitrogens with zero attached hydrogens (tertiary/aromatic N) is 4. The summed E-state index contributed by atoms with van der Waals surface area (Å²) in [5.41, 5.74) is 2.01. The zero-order chi connectivity index (χ0) is 15.8. The molecular weight excluding hydrogens is 292 g/mol. The maximum Gasteiger partial charge on any atom is 0.276 e. The molecule has 6 nitrogen and oxygen atoms in total. The van der Waals surface area contributed by atoms with Crippen molar-refractivity contribution in [1.29, 1.82) is 0 Å². The molecule has 0 aliphatic carbocycles. The standard InChI is InChI=1S/C17H18N4O2/c22-15(19-9-1-2-10-19)7-12-21-16-13(5-3-8-18-16)20-11-4-6-14(20)17(21)23/h3-6,8,11H,1-2,7,9-10,12H2. The molecule has 3 aromatic heterocycles. The molecule has 0 aromatic carbocycles. The first-order valence-corrected chi connectivity index (χ1v) is 7.98. The molecule has 0 bridgehead atoms. The monoisotopic (exact) mass is 310 g/mol. The summed E-state index contributed by atoms with van der Waals surface area (Å²) in [6.07, 6.45) is 6.03. The summed E-state index contributed by atoms with van der Waals surface area (Å²) >= 11 is 0. The quantitative estimate of drug-likeness (QED) is 0.739. The predicted molar refractivity (Wildman–Crippen MR) is 87.4 cm³/mol. The lowest BCUT2D eigenvalue weighted by Gasteiger charge is -2.16. The molecule has 0 radical (unpaired) electrons. The molecular formula is C17H18N4O2. The van der Waals surface area contributed by atoms with Gasteiger partial charge < -0.3 is 9.30 Å². The van der Waals surface area contributed by atoms with E-state index in [4.69, 9.17) is 0 Å². The fourth-order valence-electron chi connectivity index (χ4n) is 3.32. The Morgan fingerprint density at radius 2 is 1.91 bits per heavy atom. The van der Waals surface area contributed by atoms with E-state index in [-0.39, 0.29) is 11.5 Å². The SMILES string of the molecule is O=C(CCn1c(=O)c2cccn2c2cccnc21)N1CCCC1. The van der Waals surface area contributed by atoms with Gasteiger partial charge in [0.1, 0.15) is 5.52 Å². The Labute approximate surface area is 133 Å². The number of rotatable bonds is 3. The van der Waals surface area contributed by atoms with Crippen LogP contribution in [-0.4, -0.2) is 37.8 Å². The van der Waals surface area contributed by atoms with Crippen molar-refractivity contribution < 1.29 is 4.79 Å². The van der Waals surface area contributed by atoms with Crippen LogP contribution in [0.2, 0.25) is 0 Å². The number of carbonyl (C=O) groups excluding carboxylic acids is 1. The number of amides is 1. The highest BCUT2D eigenvalue weighted by Gasteiger charge is 2.18. The fourth-order valence-corrected chi connectivity index (χ4v) is 3.32. The summed E-state index contributed by atoms with van der Waals surface area (Å²) in [6, 6.07) is 7.44. The van der Waals surface area contributed by atoms with Gasteiger partial charge in [0.05, 0.1) is 5.52 Å². The average molecular weight is 310 g/mol. The van der Waals surface area contributed by atoms with E-state index >= 15 is 0 Å². The lowest BCUT2D eigenvalue weighted by Crippen LogP contribution is -2.30. The van der Waals surface area contributed by atoms with E-state index in [0.717, 1.165) is 31.4 Å². The number of likely N-dealkylation sites (tertiary alicyclic amines) is 1. The topological polar surface area (TPSA) is 59.6 Å². The number of hydrogen-bond acceptors (Lipinski definition) is 3. The summed E-state index contributed by atoms with van der Waals surface area (Å²) in [5.74, 6) is 0.119. The molecule has 0 spiro atoms. The molecule has 3 aromatic rings. The Bertz CT molecular complexity index is 935. The number of pyridine rings is 1. The van der Waals surface area contributed by atoms with Crippen LogP contribution in [-0.2, 0) is 11.3 Å². The van der Waals surface area contributed by atoms with Crippen LogP contribution < -0.4 is 5.56 Å². The molecule has 1 aliphatic heterocycles. The summed E-state index contributed by atoms with van der Waals surface area (Å²) in [4.78, 5) is 31.2. The van der Waals surface area contributed by atoms with E-state index in [2.05, 4.69) is 4.98 Å². The highest BCUT2D eigenvalue weighted by Crippen LogP contribution is 2.14. The second-order valence-corrected chi connectivity index (χ2v) is 5.90. The zero-order valence-electron chi connectivity index (χ0n) is 12.8. The van der Waals surface area contributed by atoms with Gasteiger partial charge in [-0.05, 0) is 37.1 Å². The minimum atomic E-state index is -0.101. The predicted octanol–water partition coefficient (Wildman–Crippen LogP) is 1.66. The molecule has 0 N–H and O–H groups in total. The maximum absolute atomic E-state index is 12.7. The first kappa shape index (κ1) is 14.0. The van der Waals surface area contributed by atoms with Gasteiger partial charge in [0, 0.05) is 38.4 Å². The van der Waals surface area contributed by atoms with E-state index in [0.29, 0.717) is 24.1 Å². The van der Waals surface area contributed by atoms with Crippen LogP contribution in [0, 0.1) is 0 Å². The number of aromatic nitrogens is 3. The van der Waals surface area contributed by atoms with Crippen molar-refractivity contribution in [2.45, 2.75) is 25.8 Å². The van der Waals surface area contributed by atoms with Gasteiger partial charge in [-0.25, -0.2) is 4.98 Å². The highest BCUT2D eigenvalue weighted by molar-refractivity contribution is 5.78. The van der Waals surface area contributed by atoms with Gasteiger partial charge in [0.15, 0.2) is 5.65 Å². The van der Waals surface area contributed by atoms with Crippen LogP contribution >= 0.6 is 0 Å². The number of hydrogen-bond donors (Lipinski definition) is 0. The molecule has 4 heterocycles. The van der Waals surface area contributed by atoms with Crippen molar-refractivity contribution in [2.24, 2.45) is 0 Å². The minimum Gasteiger partial charge on any atom is -0.343 e.